The molecule has 3 aromatic rings. The summed E-state index contributed by atoms with van der Waals surface area (Å²) >= 11 is 12.2. The smallest absolute Gasteiger partial charge is 0.181 e. The molecule has 1 aromatic heterocycles. The van der Waals surface area contributed by atoms with E-state index in [1.54, 1.807) is 24.4 Å². The Balaban J connectivity index is 1.73. The molecular formula is C18H12Cl2FNO2. The SMILES string of the molecule is O=C(Cc1ccc(-c2cnco2)c(Cl)c1)Cc1cc(F)ccc1Cl. The summed E-state index contributed by atoms with van der Waals surface area (Å²) in [6.45, 7) is 0. The highest BCUT2D eigenvalue weighted by atomic mass is 35.5. The first kappa shape index (κ1) is 16.7. The van der Waals surface area contributed by atoms with Crippen LogP contribution < -0.4 is 0 Å². The van der Waals surface area contributed by atoms with Crippen LogP contribution in [-0.2, 0) is 17.6 Å². The van der Waals surface area contributed by atoms with Crippen LogP contribution in [0.5, 0.6) is 0 Å². The molecule has 0 unspecified atom stereocenters. The summed E-state index contributed by atoms with van der Waals surface area (Å²) in [7, 11) is 0. The third-order valence-corrected chi connectivity index (χ3v) is 4.21. The van der Waals surface area contributed by atoms with Gasteiger partial charge in [0.1, 0.15) is 11.6 Å². The molecule has 0 saturated heterocycles. The van der Waals surface area contributed by atoms with Crippen molar-refractivity contribution < 1.29 is 13.6 Å². The minimum atomic E-state index is -0.415. The molecule has 0 aliphatic heterocycles. The van der Waals surface area contributed by atoms with E-state index < -0.39 is 5.82 Å². The van der Waals surface area contributed by atoms with Crippen LogP contribution in [-0.4, -0.2) is 10.8 Å². The Kier molecular flexibility index (Phi) is 4.97. The number of ketones is 1. The van der Waals surface area contributed by atoms with Gasteiger partial charge in [-0.1, -0.05) is 29.3 Å². The molecule has 0 N–H and O–H groups in total. The number of rotatable bonds is 5. The van der Waals surface area contributed by atoms with Crippen LogP contribution in [0, 0.1) is 5.82 Å². The first-order valence-corrected chi connectivity index (χ1v) is 7.91. The summed E-state index contributed by atoms with van der Waals surface area (Å²) in [6, 6.07) is 9.28. The second-order valence-corrected chi connectivity index (χ2v) is 6.12. The van der Waals surface area contributed by atoms with Crippen LogP contribution >= 0.6 is 23.2 Å². The minimum Gasteiger partial charge on any atom is -0.443 e. The van der Waals surface area contributed by atoms with E-state index in [1.165, 1.54) is 24.6 Å². The average Bonchev–Trinajstić information content (AvgIpc) is 3.05. The van der Waals surface area contributed by atoms with Gasteiger partial charge in [-0.3, -0.25) is 4.79 Å². The number of aromatic nitrogens is 1. The molecule has 0 amide bonds. The number of nitrogens with zero attached hydrogens (tertiary/aromatic N) is 1. The molecule has 0 radical (unpaired) electrons. The Labute approximate surface area is 148 Å². The van der Waals surface area contributed by atoms with Gasteiger partial charge >= 0.3 is 0 Å². The van der Waals surface area contributed by atoms with Crippen molar-refractivity contribution in [3.05, 3.63) is 76.0 Å². The summed E-state index contributed by atoms with van der Waals surface area (Å²) in [6.07, 6.45) is 3.14. The molecule has 122 valence electrons. The number of oxazole rings is 1. The fourth-order valence-electron chi connectivity index (χ4n) is 2.40. The van der Waals surface area contributed by atoms with Gasteiger partial charge in [0.15, 0.2) is 12.2 Å². The molecule has 1 heterocycles. The van der Waals surface area contributed by atoms with Crippen molar-refractivity contribution in [1.29, 1.82) is 0 Å². The number of benzene rings is 2. The van der Waals surface area contributed by atoms with Gasteiger partial charge < -0.3 is 4.42 Å². The van der Waals surface area contributed by atoms with E-state index in [9.17, 15) is 9.18 Å². The molecular weight excluding hydrogens is 352 g/mol. The van der Waals surface area contributed by atoms with E-state index in [-0.39, 0.29) is 18.6 Å². The number of hydrogen-bond donors (Lipinski definition) is 0. The van der Waals surface area contributed by atoms with E-state index >= 15 is 0 Å². The van der Waals surface area contributed by atoms with Crippen molar-refractivity contribution in [1.82, 2.24) is 4.98 Å². The molecule has 0 saturated carbocycles. The molecule has 3 nitrogen and oxygen atoms in total. The fraction of sp³-hybridized carbons (Fsp3) is 0.111. The monoisotopic (exact) mass is 363 g/mol. The lowest BCUT2D eigenvalue weighted by molar-refractivity contribution is -0.117. The highest BCUT2D eigenvalue weighted by Crippen LogP contribution is 2.28. The zero-order valence-electron chi connectivity index (χ0n) is 12.4. The maximum absolute atomic E-state index is 13.3. The van der Waals surface area contributed by atoms with Gasteiger partial charge in [0.25, 0.3) is 0 Å². The van der Waals surface area contributed by atoms with Crippen molar-refractivity contribution in [2.24, 2.45) is 0 Å². The molecule has 0 atom stereocenters. The van der Waals surface area contributed by atoms with Gasteiger partial charge in [0.2, 0.25) is 0 Å². The van der Waals surface area contributed by atoms with Gasteiger partial charge in [-0.2, -0.15) is 0 Å². The molecule has 0 spiro atoms. The summed E-state index contributed by atoms with van der Waals surface area (Å²) in [5, 5.41) is 0.851. The molecule has 24 heavy (non-hydrogen) atoms. The van der Waals surface area contributed by atoms with Crippen molar-refractivity contribution in [3.63, 3.8) is 0 Å². The van der Waals surface area contributed by atoms with Gasteiger partial charge in [-0.05, 0) is 41.5 Å². The topological polar surface area (TPSA) is 43.1 Å². The third kappa shape index (κ3) is 3.83. The fourth-order valence-corrected chi connectivity index (χ4v) is 2.88. The van der Waals surface area contributed by atoms with E-state index in [0.29, 0.717) is 26.9 Å². The molecule has 0 bridgehead atoms. The van der Waals surface area contributed by atoms with Crippen LogP contribution in [0.4, 0.5) is 4.39 Å². The first-order chi connectivity index (χ1) is 11.5. The normalized spacial score (nSPS) is 10.8. The van der Waals surface area contributed by atoms with Crippen molar-refractivity contribution in [2.75, 3.05) is 0 Å². The second-order valence-electron chi connectivity index (χ2n) is 5.31. The Morgan fingerprint density at radius 3 is 2.62 bits per heavy atom. The summed E-state index contributed by atoms with van der Waals surface area (Å²) in [5.74, 6) is 0.0667. The summed E-state index contributed by atoms with van der Waals surface area (Å²) in [4.78, 5) is 16.1. The predicted molar refractivity (Wildman–Crippen MR) is 90.8 cm³/mol. The van der Waals surface area contributed by atoms with E-state index in [4.69, 9.17) is 27.6 Å². The maximum atomic E-state index is 13.3. The molecule has 0 fully saturated rings. The van der Waals surface area contributed by atoms with Gasteiger partial charge in [0, 0.05) is 23.4 Å². The largest absolute Gasteiger partial charge is 0.443 e. The average molecular weight is 364 g/mol. The molecule has 0 aliphatic carbocycles. The maximum Gasteiger partial charge on any atom is 0.181 e. The molecule has 2 aromatic carbocycles. The Bertz CT molecular complexity index is 879. The van der Waals surface area contributed by atoms with E-state index in [2.05, 4.69) is 4.98 Å². The lowest BCUT2D eigenvalue weighted by Crippen LogP contribution is -2.07. The van der Waals surface area contributed by atoms with Crippen molar-refractivity contribution >= 4 is 29.0 Å². The van der Waals surface area contributed by atoms with Gasteiger partial charge in [-0.25, -0.2) is 9.37 Å². The zero-order valence-corrected chi connectivity index (χ0v) is 13.9. The predicted octanol–water partition coefficient (Wildman–Crippen LogP) is 5.14. The van der Waals surface area contributed by atoms with Crippen LogP contribution in [0.3, 0.4) is 0 Å². The summed E-state index contributed by atoms with van der Waals surface area (Å²) in [5.41, 5.74) is 1.95. The van der Waals surface area contributed by atoms with Gasteiger partial charge in [0.05, 0.1) is 11.2 Å². The Morgan fingerprint density at radius 2 is 1.92 bits per heavy atom. The molecule has 0 aliphatic rings. The lowest BCUT2D eigenvalue weighted by Gasteiger charge is -2.06. The van der Waals surface area contributed by atoms with Crippen LogP contribution in [0.2, 0.25) is 10.0 Å². The van der Waals surface area contributed by atoms with Gasteiger partial charge in [-0.15, -0.1) is 0 Å². The highest BCUT2D eigenvalue weighted by molar-refractivity contribution is 6.33. The minimum absolute atomic E-state index is 0.0675. The van der Waals surface area contributed by atoms with Crippen molar-refractivity contribution in [3.8, 4) is 11.3 Å². The second kappa shape index (κ2) is 7.16. The van der Waals surface area contributed by atoms with Crippen LogP contribution in [0.15, 0.2) is 53.4 Å². The number of Topliss-reactive ketones (excluding diaryl/α,β-unsaturated/α-hetero) is 1. The molecule has 6 heteroatoms. The number of halogens is 3. The Morgan fingerprint density at radius 1 is 1.08 bits per heavy atom. The zero-order chi connectivity index (χ0) is 17.1. The Hall–Kier alpha value is -2.17. The number of carbonyl (C=O) groups is 1. The van der Waals surface area contributed by atoms with Crippen LogP contribution in [0.25, 0.3) is 11.3 Å². The quantitative estimate of drug-likeness (QED) is 0.630. The standard InChI is InChI=1S/C18H12Cl2FNO2/c19-16-4-2-13(21)7-12(16)8-14(23)5-11-1-3-15(17(20)6-11)18-9-22-10-24-18/h1-4,6-7,9-10H,5,8H2. The number of carbonyl (C=O) groups excluding carboxylic acids is 1. The molecule has 3 rings (SSSR count). The summed E-state index contributed by atoms with van der Waals surface area (Å²) < 4.78 is 18.5. The first-order valence-electron chi connectivity index (χ1n) is 7.16. The third-order valence-electron chi connectivity index (χ3n) is 3.53. The highest BCUT2D eigenvalue weighted by Gasteiger charge is 2.12. The number of hydrogen-bond acceptors (Lipinski definition) is 3. The lowest BCUT2D eigenvalue weighted by atomic mass is 10.0. The van der Waals surface area contributed by atoms with Crippen molar-refractivity contribution in [2.45, 2.75) is 12.8 Å². The van der Waals surface area contributed by atoms with E-state index in [0.717, 1.165) is 5.56 Å². The van der Waals surface area contributed by atoms with Crippen LogP contribution in [0.1, 0.15) is 11.1 Å². The van der Waals surface area contributed by atoms with E-state index in [1.807, 2.05) is 0 Å².